The van der Waals surface area contributed by atoms with Gasteiger partial charge in [0.15, 0.2) is 0 Å². The molecule has 1 heterocycles. The van der Waals surface area contributed by atoms with Gasteiger partial charge in [0.1, 0.15) is 18.7 Å². The van der Waals surface area contributed by atoms with E-state index in [0.29, 0.717) is 25.8 Å². The number of carbonyl (C=O) groups excluding carboxylic acids is 3. The van der Waals surface area contributed by atoms with Crippen molar-refractivity contribution in [3.8, 4) is 0 Å². The largest absolute Gasteiger partial charge is 0.445 e. The second-order valence-electron chi connectivity index (χ2n) is 7.93. The Morgan fingerprint density at radius 1 is 1.10 bits per heavy atom. The zero-order valence-corrected chi connectivity index (χ0v) is 18.0. The Balaban J connectivity index is 1.64. The molecule has 1 aliphatic heterocycles. The molecule has 0 aromatic heterocycles. The first-order chi connectivity index (χ1) is 14.9. The number of amides is 3. The summed E-state index contributed by atoms with van der Waals surface area (Å²) >= 11 is 0. The van der Waals surface area contributed by atoms with Crippen molar-refractivity contribution >= 4 is 17.9 Å². The molecule has 0 spiro atoms. The van der Waals surface area contributed by atoms with Gasteiger partial charge in [-0.05, 0) is 48.9 Å². The van der Waals surface area contributed by atoms with Crippen molar-refractivity contribution in [1.82, 2.24) is 10.2 Å². The summed E-state index contributed by atoms with van der Waals surface area (Å²) < 4.78 is 5.39. The van der Waals surface area contributed by atoms with Crippen LogP contribution < -0.4 is 11.1 Å². The Hall–Kier alpha value is -3.35. The number of hydrogen-bond donors (Lipinski definition) is 2. The summed E-state index contributed by atoms with van der Waals surface area (Å²) in [5, 5.41) is 2.76. The fraction of sp³-hybridized carbons (Fsp3) is 0.375. The SMILES string of the molecule is Cc1cccc(C)c1C[C@H](NC(=O)[C@H]1CCCN1C(=O)OCc1ccccc1)C(N)=O. The predicted molar refractivity (Wildman–Crippen MR) is 117 cm³/mol. The van der Waals surface area contributed by atoms with E-state index in [1.165, 1.54) is 4.90 Å². The normalized spacial score (nSPS) is 16.6. The first kappa shape index (κ1) is 22.3. The molecule has 7 nitrogen and oxygen atoms in total. The molecule has 1 aliphatic rings. The van der Waals surface area contributed by atoms with Gasteiger partial charge in [0.25, 0.3) is 0 Å². The Kier molecular flexibility index (Phi) is 7.28. The molecule has 2 aromatic rings. The molecule has 7 heteroatoms. The van der Waals surface area contributed by atoms with Crippen LogP contribution in [0.1, 0.15) is 35.1 Å². The standard InChI is InChI=1S/C24H29N3O4/c1-16-8-6-9-17(2)19(16)14-20(22(25)28)26-23(29)21-12-7-13-27(21)24(30)31-15-18-10-4-3-5-11-18/h3-6,8-11,20-21H,7,12-15H2,1-2H3,(H2,25,28)(H,26,29)/t20-,21+/m0/s1. The monoisotopic (exact) mass is 423 g/mol. The lowest BCUT2D eigenvalue weighted by molar-refractivity contribution is -0.130. The van der Waals surface area contributed by atoms with E-state index < -0.39 is 24.1 Å². The van der Waals surface area contributed by atoms with Gasteiger partial charge in [0.05, 0.1) is 0 Å². The number of carbonyl (C=O) groups is 3. The third kappa shape index (κ3) is 5.63. The van der Waals surface area contributed by atoms with E-state index in [1.54, 1.807) is 0 Å². The van der Waals surface area contributed by atoms with Crippen LogP contribution in [-0.4, -0.2) is 41.4 Å². The lowest BCUT2D eigenvalue weighted by Crippen LogP contribution is -2.53. The van der Waals surface area contributed by atoms with Gasteiger partial charge in [-0.25, -0.2) is 4.79 Å². The van der Waals surface area contributed by atoms with Gasteiger partial charge < -0.3 is 15.8 Å². The molecule has 31 heavy (non-hydrogen) atoms. The second kappa shape index (κ2) is 10.1. The molecule has 0 bridgehead atoms. The smallest absolute Gasteiger partial charge is 0.410 e. The molecule has 3 amide bonds. The summed E-state index contributed by atoms with van der Waals surface area (Å²) in [4.78, 5) is 39.0. The van der Waals surface area contributed by atoms with Gasteiger partial charge in [-0.2, -0.15) is 0 Å². The lowest BCUT2D eigenvalue weighted by Gasteiger charge is -2.25. The predicted octanol–water partition coefficient (Wildman–Crippen LogP) is 2.62. The maximum Gasteiger partial charge on any atom is 0.410 e. The van der Waals surface area contributed by atoms with E-state index >= 15 is 0 Å². The van der Waals surface area contributed by atoms with Crippen molar-refractivity contribution < 1.29 is 19.1 Å². The van der Waals surface area contributed by atoms with Gasteiger partial charge in [-0.15, -0.1) is 0 Å². The molecule has 1 fully saturated rings. The molecule has 2 aromatic carbocycles. The maximum atomic E-state index is 12.9. The topological polar surface area (TPSA) is 102 Å². The lowest BCUT2D eigenvalue weighted by atomic mass is 9.96. The van der Waals surface area contributed by atoms with Crippen molar-refractivity contribution in [2.24, 2.45) is 5.73 Å². The highest BCUT2D eigenvalue weighted by Gasteiger charge is 2.36. The van der Waals surface area contributed by atoms with Crippen LogP contribution in [0.15, 0.2) is 48.5 Å². The van der Waals surface area contributed by atoms with E-state index in [1.807, 2.05) is 62.4 Å². The number of primary amides is 1. The number of nitrogens with one attached hydrogen (secondary N) is 1. The number of ether oxygens (including phenoxy) is 1. The molecular formula is C24H29N3O4. The number of aryl methyl sites for hydroxylation is 2. The second-order valence-corrected chi connectivity index (χ2v) is 7.93. The van der Waals surface area contributed by atoms with E-state index in [2.05, 4.69) is 5.32 Å². The first-order valence-electron chi connectivity index (χ1n) is 10.5. The zero-order chi connectivity index (χ0) is 22.4. The van der Waals surface area contributed by atoms with Crippen LogP contribution in [0.25, 0.3) is 0 Å². The number of hydrogen-bond acceptors (Lipinski definition) is 4. The van der Waals surface area contributed by atoms with E-state index in [9.17, 15) is 14.4 Å². The third-order valence-corrected chi connectivity index (χ3v) is 5.71. The van der Waals surface area contributed by atoms with Gasteiger partial charge in [-0.1, -0.05) is 48.5 Å². The van der Waals surface area contributed by atoms with Crippen molar-refractivity contribution in [2.75, 3.05) is 6.54 Å². The average Bonchev–Trinajstić information content (AvgIpc) is 3.24. The van der Waals surface area contributed by atoms with Crippen LogP contribution in [0.4, 0.5) is 4.79 Å². The number of nitrogens with zero attached hydrogens (tertiary/aromatic N) is 1. The highest BCUT2D eigenvalue weighted by Crippen LogP contribution is 2.20. The van der Waals surface area contributed by atoms with Crippen LogP contribution in [0.2, 0.25) is 0 Å². The fourth-order valence-corrected chi connectivity index (χ4v) is 3.93. The van der Waals surface area contributed by atoms with Crippen molar-refractivity contribution in [3.05, 3.63) is 70.8 Å². The van der Waals surface area contributed by atoms with E-state index in [-0.39, 0.29) is 12.5 Å². The van der Waals surface area contributed by atoms with Gasteiger partial charge in [0.2, 0.25) is 11.8 Å². The van der Waals surface area contributed by atoms with Crippen LogP contribution in [0, 0.1) is 13.8 Å². The zero-order valence-electron chi connectivity index (χ0n) is 18.0. The van der Waals surface area contributed by atoms with Crippen molar-refractivity contribution in [1.29, 1.82) is 0 Å². The van der Waals surface area contributed by atoms with Crippen LogP contribution >= 0.6 is 0 Å². The summed E-state index contributed by atoms with van der Waals surface area (Å²) in [6.07, 6.45) is 0.981. The summed E-state index contributed by atoms with van der Waals surface area (Å²) in [6, 6.07) is 13.7. The molecule has 0 saturated carbocycles. The van der Waals surface area contributed by atoms with Gasteiger partial charge in [0, 0.05) is 13.0 Å². The number of nitrogens with two attached hydrogens (primary N) is 1. The summed E-state index contributed by atoms with van der Waals surface area (Å²) in [5.41, 5.74) is 9.51. The summed E-state index contributed by atoms with van der Waals surface area (Å²) in [5.74, 6) is -0.989. The molecular weight excluding hydrogens is 394 g/mol. The van der Waals surface area contributed by atoms with Gasteiger partial charge in [-0.3, -0.25) is 14.5 Å². The molecule has 1 saturated heterocycles. The summed E-state index contributed by atoms with van der Waals surface area (Å²) in [7, 11) is 0. The fourth-order valence-electron chi connectivity index (χ4n) is 3.93. The van der Waals surface area contributed by atoms with Crippen LogP contribution in [0.3, 0.4) is 0 Å². The maximum absolute atomic E-state index is 12.9. The minimum Gasteiger partial charge on any atom is -0.445 e. The van der Waals surface area contributed by atoms with E-state index in [4.69, 9.17) is 10.5 Å². The number of likely N-dealkylation sites (tertiary alicyclic amines) is 1. The minimum absolute atomic E-state index is 0.140. The Morgan fingerprint density at radius 3 is 2.42 bits per heavy atom. The highest BCUT2D eigenvalue weighted by atomic mass is 16.6. The Morgan fingerprint density at radius 2 is 1.77 bits per heavy atom. The first-order valence-corrected chi connectivity index (χ1v) is 10.5. The molecule has 0 unspecified atom stereocenters. The molecule has 0 radical (unpaired) electrons. The van der Waals surface area contributed by atoms with Crippen LogP contribution in [-0.2, 0) is 27.4 Å². The van der Waals surface area contributed by atoms with Crippen molar-refractivity contribution in [3.63, 3.8) is 0 Å². The molecule has 164 valence electrons. The molecule has 3 N–H and O–H groups in total. The average molecular weight is 424 g/mol. The summed E-state index contributed by atoms with van der Waals surface area (Å²) in [6.45, 7) is 4.50. The van der Waals surface area contributed by atoms with Crippen molar-refractivity contribution in [2.45, 2.75) is 51.8 Å². The Labute approximate surface area is 182 Å². The quantitative estimate of drug-likeness (QED) is 0.715. The highest BCUT2D eigenvalue weighted by molar-refractivity contribution is 5.91. The molecule has 0 aliphatic carbocycles. The number of benzene rings is 2. The van der Waals surface area contributed by atoms with Gasteiger partial charge >= 0.3 is 6.09 Å². The van der Waals surface area contributed by atoms with E-state index in [0.717, 1.165) is 22.3 Å². The minimum atomic E-state index is -0.852. The molecule has 2 atom stereocenters. The third-order valence-electron chi connectivity index (χ3n) is 5.71. The number of rotatable bonds is 7. The van der Waals surface area contributed by atoms with Crippen LogP contribution in [0.5, 0.6) is 0 Å². The molecule has 3 rings (SSSR count). The Bertz CT molecular complexity index is 925.